The molecule has 0 radical (unpaired) electrons. The van der Waals surface area contributed by atoms with Gasteiger partial charge in [0, 0.05) is 18.5 Å². The van der Waals surface area contributed by atoms with Crippen LogP contribution in [-0.4, -0.2) is 35.1 Å². The lowest BCUT2D eigenvalue weighted by atomic mass is 10.6. The van der Waals surface area contributed by atoms with Crippen LogP contribution in [0.2, 0.25) is 0 Å². The fourth-order valence-electron chi connectivity index (χ4n) is 0.781. The van der Waals surface area contributed by atoms with Gasteiger partial charge in [0.15, 0.2) is 0 Å². The molecule has 0 aromatic carbocycles. The van der Waals surface area contributed by atoms with E-state index >= 15 is 0 Å². The van der Waals surface area contributed by atoms with Gasteiger partial charge < -0.3 is 14.5 Å². The van der Waals surface area contributed by atoms with Gasteiger partial charge in [0.05, 0.1) is 0 Å². The molecule has 0 aliphatic heterocycles. The number of H-pyrrole nitrogens is 1. The smallest absolute Gasteiger partial charge is 0.374 e. The molecule has 0 spiro atoms. The number of esters is 2. The third kappa shape index (κ3) is 3.63. The number of carbonyl (C=O) groups is 2. The van der Waals surface area contributed by atoms with Crippen LogP contribution in [0, 0.1) is 0 Å². The summed E-state index contributed by atoms with van der Waals surface area (Å²) in [6.45, 7) is 3.20. The van der Waals surface area contributed by atoms with Gasteiger partial charge in [-0.2, -0.15) is 0 Å². The quantitative estimate of drug-likeness (QED) is 0.429. The molecular weight excluding hydrogens is 200 g/mol. The summed E-state index contributed by atoms with van der Waals surface area (Å²) in [5.41, 5.74) is 0. The second-order valence-corrected chi connectivity index (χ2v) is 2.45. The van der Waals surface area contributed by atoms with Gasteiger partial charge in [0.25, 0.3) is 0 Å². The van der Waals surface area contributed by atoms with Gasteiger partial charge in [0.1, 0.15) is 13.2 Å². The van der Waals surface area contributed by atoms with Crippen LogP contribution in [-0.2, 0) is 14.3 Å². The largest absolute Gasteiger partial charge is 0.459 e. The second-order valence-electron chi connectivity index (χ2n) is 2.45. The Bertz CT molecular complexity index is 345. The fraction of sp³-hybridized carbons (Fsp3) is 0.222. The van der Waals surface area contributed by atoms with Crippen molar-refractivity contribution >= 4 is 11.9 Å². The van der Waals surface area contributed by atoms with Crippen LogP contribution < -0.4 is 0 Å². The summed E-state index contributed by atoms with van der Waals surface area (Å²) >= 11 is 0. The van der Waals surface area contributed by atoms with Crippen LogP contribution in [0.1, 0.15) is 10.6 Å². The van der Waals surface area contributed by atoms with E-state index in [0.717, 1.165) is 6.08 Å². The topological polar surface area (TPSA) is 81.3 Å². The lowest BCUT2D eigenvalue weighted by Gasteiger charge is -2.02. The minimum absolute atomic E-state index is 0.00268. The van der Waals surface area contributed by atoms with Crippen molar-refractivity contribution in [3.8, 4) is 0 Å². The Morgan fingerprint density at radius 1 is 1.47 bits per heavy atom. The molecule has 1 heterocycles. The van der Waals surface area contributed by atoms with E-state index in [-0.39, 0.29) is 19.0 Å². The van der Waals surface area contributed by atoms with E-state index in [1.165, 1.54) is 12.4 Å². The highest BCUT2D eigenvalue weighted by Gasteiger charge is 2.08. The molecular formula is C9H10N2O4. The third-order valence-corrected chi connectivity index (χ3v) is 1.42. The van der Waals surface area contributed by atoms with E-state index < -0.39 is 11.9 Å². The lowest BCUT2D eigenvalue weighted by molar-refractivity contribution is -0.138. The average Bonchev–Trinajstić information content (AvgIpc) is 2.77. The summed E-state index contributed by atoms with van der Waals surface area (Å²) in [5.74, 6) is -1.02. The Morgan fingerprint density at radius 2 is 2.20 bits per heavy atom. The molecule has 0 fully saturated rings. The molecule has 0 saturated heterocycles. The van der Waals surface area contributed by atoms with Crippen LogP contribution >= 0.6 is 0 Å². The Balaban J connectivity index is 2.18. The maximum atomic E-state index is 11.1. The summed E-state index contributed by atoms with van der Waals surface area (Å²) in [7, 11) is 0. The molecule has 0 amide bonds. The first-order chi connectivity index (χ1) is 7.24. The minimum atomic E-state index is -0.588. The Labute approximate surface area is 85.9 Å². The van der Waals surface area contributed by atoms with Gasteiger partial charge in [0.2, 0.25) is 5.82 Å². The second kappa shape index (κ2) is 5.58. The molecule has 1 N–H and O–H groups in total. The molecule has 80 valence electrons. The maximum Gasteiger partial charge on any atom is 0.374 e. The van der Waals surface area contributed by atoms with Gasteiger partial charge in [-0.1, -0.05) is 6.58 Å². The molecule has 6 nitrogen and oxygen atoms in total. The number of ether oxygens (including phenoxy) is 2. The summed E-state index contributed by atoms with van der Waals surface area (Å²) in [5, 5.41) is 0. The molecule has 1 aromatic rings. The van der Waals surface area contributed by atoms with E-state index in [1.54, 1.807) is 0 Å². The highest BCUT2D eigenvalue weighted by molar-refractivity contribution is 5.85. The lowest BCUT2D eigenvalue weighted by Crippen LogP contribution is -2.13. The fourth-order valence-corrected chi connectivity index (χ4v) is 0.781. The van der Waals surface area contributed by atoms with E-state index in [2.05, 4.69) is 21.3 Å². The normalized spacial score (nSPS) is 9.33. The summed E-state index contributed by atoms with van der Waals surface area (Å²) < 4.78 is 9.33. The molecule has 6 heteroatoms. The number of hydrogen-bond donors (Lipinski definition) is 1. The number of aromatic amines is 1. The highest BCUT2D eigenvalue weighted by Crippen LogP contribution is 1.92. The van der Waals surface area contributed by atoms with Crippen molar-refractivity contribution in [1.82, 2.24) is 9.97 Å². The Morgan fingerprint density at radius 3 is 2.80 bits per heavy atom. The number of rotatable bonds is 5. The molecule has 0 atom stereocenters. The van der Waals surface area contributed by atoms with Gasteiger partial charge >= 0.3 is 11.9 Å². The molecule has 1 aromatic heterocycles. The van der Waals surface area contributed by atoms with Crippen LogP contribution in [0.4, 0.5) is 0 Å². The zero-order valence-electron chi connectivity index (χ0n) is 7.93. The van der Waals surface area contributed by atoms with Crippen LogP contribution in [0.3, 0.4) is 0 Å². The first-order valence-electron chi connectivity index (χ1n) is 4.19. The van der Waals surface area contributed by atoms with Crippen LogP contribution in [0.25, 0.3) is 0 Å². The highest BCUT2D eigenvalue weighted by atomic mass is 16.6. The third-order valence-electron chi connectivity index (χ3n) is 1.42. The van der Waals surface area contributed by atoms with E-state index in [0.29, 0.717) is 0 Å². The molecule has 0 unspecified atom stereocenters. The van der Waals surface area contributed by atoms with Crippen molar-refractivity contribution in [3.05, 3.63) is 30.9 Å². The van der Waals surface area contributed by atoms with Gasteiger partial charge in [-0.05, 0) is 0 Å². The standard InChI is InChI=1S/C9H10N2O4/c1-2-7(12)14-5-6-15-9(13)8-10-3-4-11-8/h2-4H,1,5-6H2,(H,10,11). The summed E-state index contributed by atoms with van der Waals surface area (Å²) in [6, 6.07) is 0. The molecule has 0 aliphatic carbocycles. The number of hydrogen-bond acceptors (Lipinski definition) is 5. The van der Waals surface area contributed by atoms with E-state index in [4.69, 9.17) is 4.74 Å². The monoisotopic (exact) mass is 210 g/mol. The summed E-state index contributed by atoms with van der Waals surface area (Å²) in [4.78, 5) is 28.0. The molecule has 0 saturated carbocycles. The van der Waals surface area contributed by atoms with Gasteiger partial charge in [-0.15, -0.1) is 0 Å². The Kier molecular flexibility index (Phi) is 4.08. The average molecular weight is 210 g/mol. The van der Waals surface area contributed by atoms with Gasteiger partial charge in [-0.3, -0.25) is 0 Å². The molecule has 1 rings (SSSR count). The maximum absolute atomic E-state index is 11.1. The van der Waals surface area contributed by atoms with Crippen LogP contribution in [0.15, 0.2) is 25.0 Å². The number of aromatic nitrogens is 2. The number of imidazole rings is 1. The van der Waals surface area contributed by atoms with Crippen molar-refractivity contribution in [2.45, 2.75) is 0 Å². The molecule has 0 bridgehead atoms. The zero-order chi connectivity index (χ0) is 11.1. The van der Waals surface area contributed by atoms with E-state index in [1.807, 2.05) is 0 Å². The zero-order valence-corrected chi connectivity index (χ0v) is 7.93. The number of nitrogens with zero attached hydrogens (tertiary/aromatic N) is 1. The number of carbonyl (C=O) groups excluding carboxylic acids is 2. The minimum Gasteiger partial charge on any atom is -0.459 e. The van der Waals surface area contributed by atoms with E-state index in [9.17, 15) is 9.59 Å². The van der Waals surface area contributed by atoms with Crippen molar-refractivity contribution in [3.63, 3.8) is 0 Å². The SMILES string of the molecule is C=CC(=O)OCCOC(=O)c1ncc[nH]1. The number of nitrogens with one attached hydrogen (secondary N) is 1. The molecule has 15 heavy (non-hydrogen) atoms. The molecule has 0 aliphatic rings. The predicted molar refractivity (Wildman–Crippen MR) is 50.0 cm³/mol. The van der Waals surface area contributed by atoms with Crippen molar-refractivity contribution in [2.24, 2.45) is 0 Å². The van der Waals surface area contributed by atoms with Gasteiger partial charge in [-0.25, -0.2) is 14.6 Å². The summed E-state index contributed by atoms with van der Waals surface area (Å²) in [6.07, 6.45) is 3.98. The predicted octanol–water partition coefficient (Wildman–Crippen LogP) is 0.296. The van der Waals surface area contributed by atoms with Crippen LogP contribution in [0.5, 0.6) is 0 Å². The van der Waals surface area contributed by atoms with Crippen molar-refractivity contribution < 1.29 is 19.1 Å². The Hall–Kier alpha value is -2.11. The first-order valence-corrected chi connectivity index (χ1v) is 4.19. The van der Waals surface area contributed by atoms with Crippen molar-refractivity contribution in [1.29, 1.82) is 0 Å². The van der Waals surface area contributed by atoms with Crippen molar-refractivity contribution in [2.75, 3.05) is 13.2 Å². The first kappa shape index (κ1) is 11.0.